The van der Waals surface area contributed by atoms with E-state index in [1.165, 1.54) is 5.56 Å². The van der Waals surface area contributed by atoms with E-state index in [1.54, 1.807) is 18.4 Å². The Bertz CT molecular complexity index is 1000. The zero-order valence-corrected chi connectivity index (χ0v) is 15.9. The Kier molecular flexibility index (Phi) is 5.47. The zero-order valence-electron chi connectivity index (χ0n) is 15.9. The van der Waals surface area contributed by atoms with Gasteiger partial charge in [-0.05, 0) is 42.3 Å². The van der Waals surface area contributed by atoms with E-state index in [0.717, 1.165) is 24.3 Å². The lowest BCUT2D eigenvalue weighted by Crippen LogP contribution is -2.39. The molecule has 3 amide bonds. The monoisotopic (exact) mass is 390 g/mol. The second kappa shape index (κ2) is 8.52. The van der Waals surface area contributed by atoms with Gasteiger partial charge in [-0.1, -0.05) is 30.3 Å². The number of urea groups is 1. The maximum Gasteiger partial charge on any atom is 0.315 e. The predicted octanol–water partition coefficient (Wildman–Crippen LogP) is 3.41. The molecule has 0 fully saturated rings. The summed E-state index contributed by atoms with van der Waals surface area (Å²) in [6.45, 7) is 0.992. The molecule has 7 heteroatoms. The van der Waals surface area contributed by atoms with Gasteiger partial charge >= 0.3 is 6.03 Å². The Morgan fingerprint density at radius 3 is 2.55 bits per heavy atom. The van der Waals surface area contributed by atoms with Crippen LogP contribution in [0.15, 0.2) is 71.3 Å². The highest BCUT2D eigenvalue weighted by atomic mass is 16.3. The SMILES string of the molecule is O=C(CNC(=O)NCc1ccco1)Nc1ccccc1N1CCc2ccccc21. The number of amides is 3. The second-order valence-corrected chi connectivity index (χ2v) is 6.71. The first-order valence-electron chi connectivity index (χ1n) is 9.49. The normalized spacial score (nSPS) is 12.3. The summed E-state index contributed by atoms with van der Waals surface area (Å²) in [4.78, 5) is 26.4. The summed E-state index contributed by atoms with van der Waals surface area (Å²) in [5.41, 5.74) is 4.10. The summed E-state index contributed by atoms with van der Waals surface area (Å²) in [5, 5.41) is 8.09. The van der Waals surface area contributed by atoms with E-state index in [9.17, 15) is 9.59 Å². The molecule has 0 bridgehead atoms. The van der Waals surface area contributed by atoms with Crippen molar-refractivity contribution in [3.63, 3.8) is 0 Å². The van der Waals surface area contributed by atoms with Gasteiger partial charge in [0.15, 0.2) is 0 Å². The third-order valence-electron chi connectivity index (χ3n) is 4.77. The van der Waals surface area contributed by atoms with Gasteiger partial charge in [-0.25, -0.2) is 4.79 Å². The van der Waals surface area contributed by atoms with E-state index >= 15 is 0 Å². The molecule has 0 radical (unpaired) electrons. The van der Waals surface area contributed by atoms with Crippen LogP contribution >= 0.6 is 0 Å². The van der Waals surface area contributed by atoms with Crippen molar-refractivity contribution in [3.8, 4) is 0 Å². The number of hydrogen-bond donors (Lipinski definition) is 3. The standard InChI is InChI=1S/C22H22N4O3/c27-21(15-24-22(28)23-14-17-7-5-13-29-17)25-18-8-2-4-10-20(18)26-12-11-16-6-1-3-9-19(16)26/h1-10,13H,11-12,14-15H2,(H,25,27)(H2,23,24,28). The van der Waals surface area contributed by atoms with E-state index in [4.69, 9.17) is 4.42 Å². The van der Waals surface area contributed by atoms with Crippen LogP contribution in [-0.2, 0) is 17.8 Å². The molecule has 148 valence electrons. The molecule has 7 nitrogen and oxygen atoms in total. The topological polar surface area (TPSA) is 86.6 Å². The van der Waals surface area contributed by atoms with Crippen molar-refractivity contribution in [2.24, 2.45) is 0 Å². The van der Waals surface area contributed by atoms with Crippen LogP contribution in [0.4, 0.5) is 21.9 Å². The molecule has 3 N–H and O–H groups in total. The Labute approximate surface area is 168 Å². The lowest BCUT2D eigenvalue weighted by molar-refractivity contribution is -0.115. The number of para-hydroxylation sites is 3. The molecule has 1 aliphatic heterocycles. The maximum absolute atomic E-state index is 12.4. The molecule has 0 saturated carbocycles. The van der Waals surface area contributed by atoms with Crippen molar-refractivity contribution in [2.45, 2.75) is 13.0 Å². The van der Waals surface area contributed by atoms with Gasteiger partial charge in [-0.3, -0.25) is 4.79 Å². The number of benzene rings is 2. The molecule has 2 aromatic carbocycles. The van der Waals surface area contributed by atoms with Crippen molar-refractivity contribution in [1.29, 1.82) is 0 Å². The molecule has 1 aromatic heterocycles. The fraction of sp³-hybridized carbons (Fsp3) is 0.182. The van der Waals surface area contributed by atoms with E-state index in [-0.39, 0.29) is 19.0 Å². The van der Waals surface area contributed by atoms with E-state index < -0.39 is 6.03 Å². The molecule has 29 heavy (non-hydrogen) atoms. The molecule has 0 unspecified atom stereocenters. The lowest BCUT2D eigenvalue weighted by atomic mass is 10.2. The fourth-order valence-electron chi connectivity index (χ4n) is 3.40. The third-order valence-corrected chi connectivity index (χ3v) is 4.77. The van der Waals surface area contributed by atoms with Crippen LogP contribution in [0.2, 0.25) is 0 Å². The van der Waals surface area contributed by atoms with E-state index in [1.807, 2.05) is 36.4 Å². The summed E-state index contributed by atoms with van der Waals surface area (Å²) in [7, 11) is 0. The number of hydrogen-bond acceptors (Lipinski definition) is 4. The first kappa shape index (κ1) is 18.6. The molecule has 3 aromatic rings. The van der Waals surface area contributed by atoms with Gasteiger partial charge in [0.05, 0.1) is 30.7 Å². The Morgan fingerprint density at radius 1 is 0.931 bits per heavy atom. The van der Waals surface area contributed by atoms with Crippen LogP contribution in [0.25, 0.3) is 0 Å². The Balaban J connectivity index is 1.35. The first-order chi connectivity index (χ1) is 14.2. The number of carbonyl (C=O) groups excluding carboxylic acids is 2. The number of nitrogens with one attached hydrogen (secondary N) is 3. The molecule has 4 rings (SSSR count). The largest absolute Gasteiger partial charge is 0.467 e. The van der Waals surface area contributed by atoms with Gasteiger partial charge in [-0.2, -0.15) is 0 Å². The summed E-state index contributed by atoms with van der Waals surface area (Å²) in [5.74, 6) is 0.350. The molecular weight excluding hydrogens is 368 g/mol. The first-order valence-corrected chi connectivity index (χ1v) is 9.49. The van der Waals surface area contributed by atoms with E-state index in [0.29, 0.717) is 11.4 Å². The van der Waals surface area contributed by atoms with Gasteiger partial charge in [0.2, 0.25) is 5.91 Å². The third kappa shape index (κ3) is 4.40. The Hall–Kier alpha value is -3.74. The summed E-state index contributed by atoms with van der Waals surface area (Å²) in [6, 6.07) is 19.0. The highest BCUT2D eigenvalue weighted by molar-refractivity contribution is 5.98. The molecular formula is C22H22N4O3. The summed E-state index contributed by atoms with van der Waals surface area (Å²) < 4.78 is 5.15. The molecule has 0 atom stereocenters. The highest BCUT2D eigenvalue weighted by Gasteiger charge is 2.22. The van der Waals surface area contributed by atoms with Crippen LogP contribution in [-0.4, -0.2) is 25.0 Å². The van der Waals surface area contributed by atoms with Crippen molar-refractivity contribution in [3.05, 3.63) is 78.3 Å². The fourth-order valence-corrected chi connectivity index (χ4v) is 3.40. The van der Waals surface area contributed by atoms with Crippen molar-refractivity contribution >= 4 is 29.0 Å². The Morgan fingerprint density at radius 2 is 1.72 bits per heavy atom. The van der Waals surface area contributed by atoms with Gasteiger partial charge < -0.3 is 25.3 Å². The zero-order chi connectivity index (χ0) is 20.1. The lowest BCUT2D eigenvalue weighted by Gasteiger charge is -2.23. The van der Waals surface area contributed by atoms with Crippen LogP contribution in [0.1, 0.15) is 11.3 Å². The van der Waals surface area contributed by atoms with Crippen LogP contribution < -0.4 is 20.9 Å². The maximum atomic E-state index is 12.4. The molecule has 1 aliphatic rings. The number of anilines is 3. The van der Waals surface area contributed by atoms with Gasteiger partial charge in [0, 0.05) is 12.2 Å². The van der Waals surface area contributed by atoms with Crippen molar-refractivity contribution < 1.29 is 14.0 Å². The van der Waals surface area contributed by atoms with Crippen LogP contribution in [0, 0.1) is 0 Å². The smallest absolute Gasteiger partial charge is 0.315 e. The van der Waals surface area contributed by atoms with Crippen molar-refractivity contribution in [1.82, 2.24) is 10.6 Å². The van der Waals surface area contributed by atoms with Crippen molar-refractivity contribution in [2.75, 3.05) is 23.3 Å². The van der Waals surface area contributed by atoms with Gasteiger partial charge in [-0.15, -0.1) is 0 Å². The number of furan rings is 1. The number of carbonyl (C=O) groups is 2. The number of rotatable bonds is 6. The highest BCUT2D eigenvalue weighted by Crippen LogP contribution is 2.37. The quantitative estimate of drug-likeness (QED) is 0.602. The average molecular weight is 390 g/mol. The number of nitrogens with zero attached hydrogens (tertiary/aromatic N) is 1. The molecule has 0 aliphatic carbocycles. The second-order valence-electron chi connectivity index (χ2n) is 6.71. The minimum absolute atomic E-state index is 0.130. The van der Waals surface area contributed by atoms with Crippen LogP contribution in [0.5, 0.6) is 0 Å². The minimum Gasteiger partial charge on any atom is -0.467 e. The predicted molar refractivity (Wildman–Crippen MR) is 111 cm³/mol. The average Bonchev–Trinajstić information content (AvgIpc) is 3.41. The van der Waals surface area contributed by atoms with E-state index in [2.05, 4.69) is 33.0 Å². The summed E-state index contributed by atoms with van der Waals surface area (Å²) in [6.07, 6.45) is 2.51. The number of fused-ring (bicyclic) bond motifs is 1. The minimum atomic E-state index is -0.432. The van der Waals surface area contributed by atoms with Gasteiger partial charge in [0.25, 0.3) is 0 Å². The van der Waals surface area contributed by atoms with Crippen LogP contribution in [0.3, 0.4) is 0 Å². The molecule has 2 heterocycles. The molecule has 0 saturated heterocycles. The summed E-state index contributed by atoms with van der Waals surface area (Å²) >= 11 is 0. The molecule has 0 spiro atoms. The van der Waals surface area contributed by atoms with Gasteiger partial charge in [0.1, 0.15) is 5.76 Å².